The molecule has 1 aliphatic heterocycles. The van der Waals surface area contributed by atoms with Crippen LogP contribution >= 0.6 is 0 Å². The zero-order valence-electron chi connectivity index (χ0n) is 15.7. The van der Waals surface area contributed by atoms with E-state index >= 15 is 0 Å². The van der Waals surface area contributed by atoms with E-state index in [2.05, 4.69) is 0 Å². The van der Waals surface area contributed by atoms with Crippen LogP contribution in [-0.4, -0.2) is 36.7 Å². The van der Waals surface area contributed by atoms with Crippen molar-refractivity contribution in [3.63, 3.8) is 0 Å². The van der Waals surface area contributed by atoms with Gasteiger partial charge in [0.05, 0.1) is 12.7 Å². The number of hydrogen-bond acceptors (Lipinski definition) is 3. The summed E-state index contributed by atoms with van der Waals surface area (Å²) < 4.78 is 25.1. The van der Waals surface area contributed by atoms with Crippen LogP contribution in [0.2, 0.25) is 0 Å². The molecule has 1 fully saturated rings. The van der Waals surface area contributed by atoms with Crippen LogP contribution < -0.4 is 4.74 Å². The number of amides is 1. The maximum absolute atomic E-state index is 13.7. The zero-order chi connectivity index (χ0) is 19.1. The minimum atomic E-state index is -0.207. The van der Waals surface area contributed by atoms with Gasteiger partial charge in [0.1, 0.15) is 11.6 Å². The molecule has 5 heteroatoms. The molecule has 144 valence electrons. The van der Waals surface area contributed by atoms with E-state index in [0.29, 0.717) is 31.7 Å². The maximum atomic E-state index is 13.7. The van der Waals surface area contributed by atoms with Crippen molar-refractivity contribution in [1.29, 1.82) is 0 Å². The average molecular weight is 371 g/mol. The molecule has 0 spiro atoms. The minimum Gasteiger partial charge on any atom is -0.493 e. The third kappa shape index (κ3) is 5.79. The number of halogens is 1. The highest BCUT2D eigenvalue weighted by molar-refractivity contribution is 5.73. The lowest BCUT2D eigenvalue weighted by Gasteiger charge is -2.24. The Balaban J connectivity index is 1.55. The van der Waals surface area contributed by atoms with Crippen LogP contribution in [0.15, 0.2) is 48.5 Å². The first-order valence-corrected chi connectivity index (χ1v) is 9.44. The van der Waals surface area contributed by atoms with Crippen LogP contribution in [-0.2, 0) is 22.5 Å². The first-order chi connectivity index (χ1) is 13.1. The second kappa shape index (κ2) is 9.51. The summed E-state index contributed by atoms with van der Waals surface area (Å²) >= 11 is 0. The fourth-order valence-corrected chi connectivity index (χ4v) is 3.27. The van der Waals surface area contributed by atoms with Crippen molar-refractivity contribution in [3.8, 4) is 5.75 Å². The van der Waals surface area contributed by atoms with Crippen molar-refractivity contribution < 1.29 is 18.7 Å². The molecule has 0 saturated carbocycles. The van der Waals surface area contributed by atoms with Gasteiger partial charge in [0, 0.05) is 33.0 Å². The molecule has 0 N–H and O–H groups in total. The second-order valence-electron chi connectivity index (χ2n) is 6.87. The van der Waals surface area contributed by atoms with Crippen LogP contribution in [0.3, 0.4) is 0 Å². The van der Waals surface area contributed by atoms with E-state index in [1.807, 2.05) is 35.2 Å². The highest BCUT2D eigenvalue weighted by Crippen LogP contribution is 2.18. The van der Waals surface area contributed by atoms with Crippen molar-refractivity contribution in [3.05, 3.63) is 65.5 Å². The van der Waals surface area contributed by atoms with Crippen molar-refractivity contribution in [2.45, 2.75) is 38.8 Å². The Kier molecular flexibility index (Phi) is 6.82. The quantitative estimate of drug-likeness (QED) is 0.705. The number of hydrogen-bond donors (Lipinski definition) is 0. The van der Waals surface area contributed by atoms with Gasteiger partial charge < -0.3 is 14.4 Å². The summed E-state index contributed by atoms with van der Waals surface area (Å²) in [4.78, 5) is 13.8. The Morgan fingerprint density at radius 3 is 2.85 bits per heavy atom. The summed E-state index contributed by atoms with van der Waals surface area (Å²) in [5.74, 6) is 0.557. The third-order valence-corrected chi connectivity index (χ3v) is 4.76. The molecule has 3 rings (SSSR count). The van der Waals surface area contributed by atoms with Crippen molar-refractivity contribution in [2.24, 2.45) is 0 Å². The van der Waals surface area contributed by atoms with Crippen LogP contribution in [0.5, 0.6) is 5.75 Å². The topological polar surface area (TPSA) is 38.8 Å². The molecule has 27 heavy (non-hydrogen) atoms. The molecule has 1 amide bonds. The van der Waals surface area contributed by atoms with Crippen LogP contribution in [0.4, 0.5) is 4.39 Å². The van der Waals surface area contributed by atoms with E-state index in [9.17, 15) is 9.18 Å². The van der Waals surface area contributed by atoms with Gasteiger partial charge in [-0.15, -0.1) is 0 Å². The molecule has 0 aromatic heterocycles. The van der Waals surface area contributed by atoms with Crippen molar-refractivity contribution in [2.75, 3.05) is 19.8 Å². The molecule has 0 aliphatic carbocycles. The number of rotatable bonds is 8. The van der Waals surface area contributed by atoms with E-state index in [-0.39, 0.29) is 17.8 Å². The molecular formula is C22H26FNO3. The van der Waals surface area contributed by atoms with E-state index in [1.54, 1.807) is 19.1 Å². The Labute approximate surface area is 159 Å². The SMILES string of the molecule is CC(=O)N(Cc1cccc(OCCc2ccccc2F)c1)C[C@@H]1CCCO1. The van der Waals surface area contributed by atoms with Crippen LogP contribution in [0.1, 0.15) is 30.9 Å². The number of nitrogens with zero attached hydrogens (tertiary/aromatic N) is 1. The first-order valence-electron chi connectivity index (χ1n) is 9.44. The van der Waals surface area contributed by atoms with Gasteiger partial charge in [-0.25, -0.2) is 4.39 Å². The summed E-state index contributed by atoms with van der Waals surface area (Å²) in [5, 5.41) is 0. The summed E-state index contributed by atoms with van der Waals surface area (Å²) in [7, 11) is 0. The number of carbonyl (C=O) groups excluding carboxylic acids is 1. The Morgan fingerprint density at radius 1 is 1.26 bits per heavy atom. The molecule has 1 atom stereocenters. The molecule has 1 saturated heterocycles. The van der Waals surface area contributed by atoms with Gasteiger partial charge in [0.2, 0.25) is 5.91 Å². The summed E-state index contributed by atoms with van der Waals surface area (Å²) in [6, 6.07) is 14.4. The van der Waals surface area contributed by atoms with E-state index < -0.39 is 0 Å². The minimum absolute atomic E-state index is 0.0383. The number of ether oxygens (including phenoxy) is 2. The highest BCUT2D eigenvalue weighted by atomic mass is 19.1. The molecule has 1 aliphatic rings. The van der Waals surface area contributed by atoms with E-state index in [4.69, 9.17) is 9.47 Å². The smallest absolute Gasteiger partial charge is 0.219 e. The number of benzene rings is 2. The van der Waals surface area contributed by atoms with Crippen molar-refractivity contribution in [1.82, 2.24) is 4.90 Å². The maximum Gasteiger partial charge on any atom is 0.219 e. The molecule has 2 aromatic carbocycles. The van der Waals surface area contributed by atoms with Gasteiger partial charge in [-0.1, -0.05) is 30.3 Å². The Hall–Kier alpha value is -2.40. The molecule has 1 heterocycles. The average Bonchev–Trinajstić information content (AvgIpc) is 3.16. The van der Waals surface area contributed by atoms with Gasteiger partial charge in [-0.3, -0.25) is 4.79 Å². The lowest BCUT2D eigenvalue weighted by atomic mass is 10.1. The van der Waals surface area contributed by atoms with Crippen LogP contribution in [0, 0.1) is 5.82 Å². The molecule has 2 aromatic rings. The normalized spacial score (nSPS) is 16.3. The predicted molar refractivity (Wildman–Crippen MR) is 102 cm³/mol. The van der Waals surface area contributed by atoms with Gasteiger partial charge in [-0.05, 0) is 42.2 Å². The summed E-state index contributed by atoms with van der Waals surface area (Å²) in [6.07, 6.45) is 2.70. The molecule has 0 radical (unpaired) electrons. The summed E-state index contributed by atoms with van der Waals surface area (Å²) in [6.45, 7) is 3.91. The number of carbonyl (C=O) groups is 1. The van der Waals surface area contributed by atoms with Gasteiger partial charge in [0.15, 0.2) is 0 Å². The third-order valence-electron chi connectivity index (χ3n) is 4.76. The summed E-state index contributed by atoms with van der Waals surface area (Å²) in [5.41, 5.74) is 1.65. The monoisotopic (exact) mass is 371 g/mol. The largest absolute Gasteiger partial charge is 0.493 e. The van der Waals surface area contributed by atoms with E-state index in [1.165, 1.54) is 6.07 Å². The lowest BCUT2D eigenvalue weighted by Crippen LogP contribution is -2.35. The predicted octanol–water partition coefficient (Wildman–Crippen LogP) is 3.97. The van der Waals surface area contributed by atoms with E-state index in [0.717, 1.165) is 30.8 Å². The fourth-order valence-electron chi connectivity index (χ4n) is 3.27. The second-order valence-corrected chi connectivity index (χ2v) is 6.87. The Morgan fingerprint density at radius 2 is 2.11 bits per heavy atom. The highest BCUT2D eigenvalue weighted by Gasteiger charge is 2.21. The van der Waals surface area contributed by atoms with Crippen LogP contribution in [0.25, 0.3) is 0 Å². The first kappa shape index (κ1) is 19.4. The van der Waals surface area contributed by atoms with Gasteiger partial charge in [0.25, 0.3) is 0 Å². The molecule has 4 nitrogen and oxygen atoms in total. The standard InChI is InChI=1S/C22H26FNO3/c1-17(25)24(16-21-9-5-12-26-21)15-18-6-4-8-20(14-18)27-13-11-19-7-2-3-10-22(19)23/h2-4,6-8,10,14,21H,5,9,11-13,15-16H2,1H3/t21-/m0/s1. The Bertz CT molecular complexity index is 759. The molecule has 0 bridgehead atoms. The van der Waals surface area contributed by atoms with Gasteiger partial charge in [-0.2, -0.15) is 0 Å². The zero-order valence-corrected chi connectivity index (χ0v) is 15.7. The fraction of sp³-hybridized carbons (Fsp3) is 0.409. The lowest BCUT2D eigenvalue weighted by molar-refractivity contribution is -0.131. The van der Waals surface area contributed by atoms with Gasteiger partial charge >= 0.3 is 0 Å². The molecular weight excluding hydrogens is 345 g/mol. The molecule has 0 unspecified atom stereocenters. The van der Waals surface area contributed by atoms with Crippen molar-refractivity contribution >= 4 is 5.91 Å².